The normalized spacial score (nSPS) is 22.0. The third-order valence-electron chi connectivity index (χ3n) is 6.87. The summed E-state index contributed by atoms with van der Waals surface area (Å²) >= 11 is 0. The van der Waals surface area contributed by atoms with Crippen LogP contribution in [0.15, 0.2) is 65.5 Å². The van der Waals surface area contributed by atoms with Gasteiger partial charge in [-0.1, -0.05) is 60.7 Å². The molecule has 4 aromatic rings. The number of aromatic nitrogens is 4. The fraction of sp³-hybridized carbons (Fsp3) is 0.333. The fourth-order valence-corrected chi connectivity index (χ4v) is 5.21. The van der Waals surface area contributed by atoms with Crippen LogP contribution in [-0.4, -0.2) is 44.2 Å². The largest absolute Gasteiger partial charge is 0.459 e. The molecule has 0 spiro atoms. The lowest BCUT2D eigenvalue weighted by Gasteiger charge is -2.23. The second-order valence-electron chi connectivity index (χ2n) is 9.42. The number of hydrogen-bond acceptors (Lipinski definition) is 7. The number of imidazole rings is 1. The summed E-state index contributed by atoms with van der Waals surface area (Å²) in [7, 11) is 0. The van der Waals surface area contributed by atoms with E-state index in [0.717, 1.165) is 11.1 Å². The Hall–Kier alpha value is -4.02. The van der Waals surface area contributed by atoms with Crippen LogP contribution in [0, 0.1) is 5.92 Å². The van der Waals surface area contributed by atoms with Crippen molar-refractivity contribution in [3.05, 3.63) is 82.1 Å². The van der Waals surface area contributed by atoms with Crippen LogP contribution in [0.5, 0.6) is 6.01 Å². The van der Waals surface area contributed by atoms with Crippen molar-refractivity contribution < 1.29 is 19.0 Å². The highest BCUT2D eigenvalue weighted by molar-refractivity contribution is 5.87. The van der Waals surface area contributed by atoms with Gasteiger partial charge < -0.3 is 14.2 Å². The lowest BCUT2D eigenvalue weighted by atomic mass is 10.0. The summed E-state index contributed by atoms with van der Waals surface area (Å²) in [6.07, 6.45) is 0.279. The molecule has 37 heavy (non-hydrogen) atoms. The van der Waals surface area contributed by atoms with Crippen molar-refractivity contribution in [1.82, 2.24) is 19.5 Å². The Morgan fingerprint density at radius 1 is 1.08 bits per heavy atom. The van der Waals surface area contributed by atoms with Crippen molar-refractivity contribution in [2.75, 3.05) is 11.9 Å². The molecular formula is C27H27N5O5. The molecule has 0 bridgehead atoms. The third-order valence-corrected chi connectivity index (χ3v) is 6.87. The average molecular weight is 502 g/mol. The predicted molar refractivity (Wildman–Crippen MR) is 135 cm³/mol. The van der Waals surface area contributed by atoms with Gasteiger partial charge in [0.1, 0.15) is 6.10 Å². The number of amides is 1. The summed E-state index contributed by atoms with van der Waals surface area (Å²) in [5.74, 6) is -0.302. The number of aromatic amines is 1. The van der Waals surface area contributed by atoms with Gasteiger partial charge in [-0.15, -0.1) is 0 Å². The lowest BCUT2D eigenvalue weighted by molar-refractivity contribution is -0.114. The quantitative estimate of drug-likeness (QED) is 0.380. The van der Waals surface area contributed by atoms with E-state index in [-0.39, 0.29) is 41.5 Å². The predicted octanol–water partition coefficient (Wildman–Crippen LogP) is 3.20. The van der Waals surface area contributed by atoms with Gasteiger partial charge >= 0.3 is 0 Å². The molecule has 4 atom stereocenters. The van der Waals surface area contributed by atoms with Crippen LogP contribution in [0.25, 0.3) is 11.2 Å². The zero-order chi connectivity index (χ0) is 25.4. The Kier molecular flexibility index (Phi) is 6.19. The zero-order valence-electron chi connectivity index (χ0n) is 20.3. The van der Waals surface area contributed by atoms with Crippen molar-refractivity contribution in [2.24, 2.45) is 5.92 Å². The molecule has 3 heterocycles. The molecule has 2 aliphatic rings. The van der Waals surface area contributed by atoms with E-state index >= 15 is 0 Å². The molecule has 2 aromatic carbocycles. The van der Waals surface area contributed by atoms with Gasteiger partial charge in [-0.25, -0.2) is 0 Å². The monoisotopic (exact) mass is 501 g/mol. The summed E-state index contributed by atoms with van der Waals surface area (Å²) in [5, 5.41) is 2.55. The first-order valence-corrected chi connectivity index (χ1v) is 12.3. The number of anilines is 1. The second kappa shape index (κ2) is 9.79. The summed E-state index contributed by atoms with van der Waals surface area (Å²) < 4.78 is 20.7. The number of nitrogens with zero attached hydrogens (tertiary/aromatic N) is 3. The minimum absolute atomic E-state index is 0.0500. The summed E-state index contributed by atoms with van der Waals surface area (Å²) in [6, 6.07) is 20.3. The standard InChI is InChI=1S/C27H27N5O5/c1-16(33)28-26-30-24-22(25(34)31-26)29-27-32(24)20-12-21(36-14-18-10-6-3-7-11-18)19(23(20)37-27)15-35-13-17-8-4-2-5-9-17/h2-11,19-21,23H,12-15H2,1H3,(H2,28,30,31,33,34)/t19-,20+,21+,23-/m1/s1. The van der Waals surface area contributed by atoms with Crippen molar-refractivity contribution >= 4 is 23.0 Å². The Balaban J connectivity index is 1.27. The number of fused-ring (bicyclic) bond motifs is 5. The van der Waals surface area contributed by atoms with Gasteiger partial charge in [-0.2, -0.15) is 9.97 Å². The topological polar surface area (TPSA) is 120 Å². The van der Waals surface area contributed by atoms with Crippen molar-refractivity contribution in [3.63, 3.8) is 0 Å². The number of hydrogen-bond donors (Lipinski definition) is 2. The van der Waals surface area contributed by atoms with E-state index in [0.29, 0.717) is 37.9 Å². The van der Waals surface area contributed by atoms with Gasteiger partial charge in [-0.05, 0) is 17.5 Å². The maximum Gasteiger partial charge on any atom is 0.299 e. The Labute approximate surface area is 212 Å². The first-order valence-electron chi connectivity index (χ1n) is 12.3. The fourth-order valence-electron chi connectivity index (χ4n) is 5.21. The van der Waals surface area contributed by atoms with Crippen molar-refractivity contribution in [2.45, 2.75) is 44.8 Å². The molecule has 1 saturated carbocycles. The van der Waals surface area contributed by atoms with E-state index in [1.54, 1.807) is 0 Å². The van der Waals surface area contributed by atoms with E-state index in [4.69, 9.17) is 14.2 Å². The van der Waals surface area contributed by atoms with E-state index in [9.17, 15) is 9.59 Å². The van der Waals surface area contributed by atoms with Crippen LogP contribution < -0.4 is 15.6 Å². The number of benzene rings is 2. The Morgan fingerprint density at radius 3 is 2.49 bits per heavy atom. The zero-order valence-corrected chi connectivity index (χ0v) is 20.3. The van der Waals surface area contributed by atoms with Gasteiger partial charge in [-0.3, -0.25) is 24.5 Å². The molecule has 1 fully saturated rings. The SMILES string of the molecule is CC(=O)Nc1nc2c(nc3n2[C@H]2C[C@H](OCc4ccccc4)[C@@H](COCc4ccccc4)[C@H]2O3)c(=O)[nH]1. The second-order valence-corrected chi connectivity index (χ2v) is 9.42. The molecule has 0 unspecified atom stereocenters. The van der Waals surface area contributed by atoms with Crippen LogP contribution in [0.1, 0.15) is 30.5 Å². The maximum atomic E-state index is 12.6. The Morgan fingerprint density at radius 2 is 1.78 bits per heavy atom. The van der Waals surface area contributed by atoms with Gasteiger partial charge in [0.25, 0.3) is 11.6 Å². The number of ether oxygens (including phenoxy) is 3. The van der Waals surface area contributed by atoms with E-state index in [1.165, 1.54) is 6.92 Å². The van der Waals surface area contributed by atoms with Crippen LogP contribution in [-0.2, 0) is 27.5 Å². The molecule has 10 nitrogen and oxygen atoms in total. The number of carbonyl (C=O) groups is 1. The highest BCUT2D eigenvalue weighted by Crippen LogP contribution is 2.47. The van der Waals surface area contributed by atoms with E-state index < -0.39 is 5.56 Å². The minimum atomic E-state index is -0.437. The number of rotatable bonds is 8. The van der Waals surface area contributed by atoms with Crippen LogP contribution >= 0.6 is 0 Å². The molecule has 2 N–H and O–H groups in total. The first-order chi connectivity index (χ1) is 18.1. The number of H-pyrrole nitrogens is 1. The van der Waals surface area contributed by atoms with Crippen LogP contribution in [0.2, 0.25) is 0 Å². The first kappa shape index (κ1) is 23.4. The summed E-state index contributed by atoms with van der Waals surface area (Å²) in [4.78, 5) is 35.6. The Bertz CT molecular complexity index is 1470. The third kappa shape index (κ3) is 4.61. The molecule has 1 aliphatic heterocycles. The van der Waals surface area contributed by atoms with Crippen molar-refractivity contribution in [3.8, 4) is 6.01 Å². The molecule has 2 aromatic heterocycles. The van der Waals surface area contributed by atoms with Gasteiger partial charge in [0.05, 0.1) is 32.0 Å². The molecule has 1 amide bonds. The van der Waals surface area contributed by atoms with E-state index in [1.807, 2.05) is 65.2 Å². The molecule has 6 rings (SSSR count). The molecule has 190 valence electrons. The van der Waals surface area contributed by atoms with Gasteiger partial charge in [0.2, 0.25) is 11.9 Å². The van der Waals surface area contributed by atoms with Crippen molar-refractivity contribution in [1.29, 1.82) is 0 Å². The summed E-state index contributed by atoms with van der Waals surface area (Å²) in [6.45, 7) is 2.77. The van der Waals surface area contributed by atoms with E-state index in [2.05, 4.69) is 20.3 Å². The van der Waals surface area contributed by atoms with Crippen LogP contribution in [0.4, 0.5) is 5.95 Å². The highest BCUT2D eigenvalue weighted by atomic mass is 16.5. The molecule has 0 radical (unpaired) electrons. The number of nitrogens with one attached hydrogen (secondary N) is 2. The highest BCUT2D eigenvalue weighted by Gasteiger charge is 2.52. The van der Waals surface area contributed by atoms with Crippen LogP contribution in [0.3, 0.4) is 0 Å². The molecule has 10 heteroatoms. The number of carbonyl (C=O) groups excluding carboxylic acids is 1. The van der Waals surface area contributed by atoms with Gasteiger partial charge in [0.15, 0.2) is 11.2 Å². The smallest absolute Gasteiger partial charge is 0.299 e. The summed E-state index contributed by atoms with van der Waals surface area (Å²) in [5.41, 5.74) is 2.30. The maximum absolute atomic E-state index is 12.6. The lowest BCUT2D eigenvalue weighted by Crippen LogP contribution is -2.33. The average Bonchev–Trinajstić information content (AvgIpc) is 3.53. The van der Waals surface area contributed by atoms with Gasteiger partial charge in [0, 0.05) is 12.8 Å². The molecule has 1 aliphatic carbocycles. The molecule has 0 saturated heterocycles. The molecular weight excluding hydrogens is 474 g/mol. The minimum Gasteiger partial charge on any atom is -0.459 e.